The third-order valence-corrected chi connectivity index (χ3v) is 5.03. The molecule has 1 atom stereocenters. The summed E-state index contributed by atoms with van der Waals surface area (Å²) in [5, 5.41) is 8.49. The van der Waals surface area contributed by atoms with Crippen molar-refractivity contribution in [3.05, 3.63) is 59.9 Å². The Morgan fingerprint density at radius 2 is 1.89 bits per heavy atom. The molecule has 0 saturated carbocycles. The molecule has 2 aromatic carbocycles. The van der Waals surface area contributed by atoms with Crippen molar-refractivity contribution in [3.8, 4) is 17.1 Å². The number of esters is 1. The van der Waals surface area contributed by atoms with E-state index in [1.807, 2.05) is 31.2 Å². The summed E-state index contributed by atoms with van der Waals surface area (Å²) in [6, 6.07) is 14.1. The van der Waals surface area contributed by atoms with Gasteiger partial charge in [-0.05, 0) is 44.5 Å². The van der Waals surface area contributed by atoms with Crippen molar-refractivity contribution in [3.63, 3.8) is 0 Å². The minimum atomic E-state index is -0.467. The highest BCUT2D eigenvalue weighted by Crippen LogP contribution is 2.32. The number of aromatic nitrogens is 3. The number of nitrogens with zero attached hydrogens (tertiary/aromatic N) is 3. The zero-order chi connectivity index (χ0) is 19.4. The standard InChI is InChI=1S/C20H20FN3O2S/c1-4-26-19(25)14(3)27-20-23-22-18(15-10-6-7-11-16(15)21)24(20)17-12-8-5-9-13(17)2/h5-12,14H,4H2,1-3H3. The number of ether oxygens (including phenoxy) is 1. The Labute approximate surface area is 161 Å². The molecular weight excluding hydrogens is 365 g/mol. The van der Waals surface area contributed by atoms with Crippen LogP contribution in [0.1, 0.15) is 19.4 Å². The van der Waals surface area contributed by atoms with Gasteiger partial charge in [0.25, 0.3) is 0 Å². The predicted molar refractivity (Wildman–Crippen MR) is 103 cm³/mol. The van der Waals surface area contributed by atoms with Crippen LogP contribution in [-0.4, -0.2) is 32.6 Å². The number of aryl methyl sites for hydroxylation is 1. The molecule has 0 aliphatic carbocycles. The molecule has 3 aromatic rings. The summed E-state index contributed by atoms with van der Waals surface area (Å²) in [5.41, 5.74) is 2.17. The minimum Gasteiger partial charge on any atom is -0.465 e. The molecule has 1 heterocycles. The number of benzene rings is 2. The molecule has 3 rings (SSSR count). The molecule has 0 radical (unpaired) electrons. The quantitative estimate of drug-likeness (QED) is 0.464. The smallest absolute Gasteiger partial charge is 0.319 e. The summed E-state index contributed by atoms with van der Waals surface area (Å²) in [4.78, 5) is 12.0. The highest BCUT2D eigenvalue weighted by Gasteiger charge is 2.24. The summed E-state index contributed by atoms with van der Waals surface area (Å²) >= 11 is 1.24. The van der Waals surface area contributed by atoms with E-state index in [0.29, 0.717) is 23.2 Å². The van der Waals surface area contributed by atoms with Crippen LogP contribution in [0.2, 0.25) is 0 Å². The molecule has 0 bridgehead atoms. The monoisotopic (exact) mass is 385 g/mol. The van der Waals surface area contributed by atoms with Crippen LogP contribution in [0.5, 0.6) is 0 Å². The van der Waals surface area contributed by atoms with Crippen LogP contribution in [0.3, 0.4) is 0 Å². The first-order chi connectivity index (χ1) is 13.0. The molecule has 140 valence electrons. The largest absolute Gasteiger partial charge is 0.465 e. The molecule has 0 aliphatic heterocycles. The first-order valence-corrected chi connectivity index (χ1v) is 9.50. The number of carbonyl (C=O) groups excluding carboxylic acids is 1. The average molecular weight is 385 g/mol. The van der Waals surface area contributed by atoms with E-state index < -0.39 is 5.25 Å². The van der Waals surface area contributed by atoms with Crippen LogP contribution in [0.15, 0.2) is 53.7 Å². The van der Waals surface area contributed by atoms with E-state index in [4.69, 9.17) is 4.74 Å². The van der Waals surface area contributed by atoms with Gasteiger partial charge in [-0.3, -0.25) is 9.36 Å². The number of hydrogen-bond acceptors (Lipinski definition) is 5. The summed E-state index contributed by atoms with van der Waals surface area (Å²) in [7, 11) is 0. The van der Waals surface area contributed by atoms with Gasteiger partial charge in [0.2, 0.25) is 0 Å². The van der Waals surface area contributed by atoms with Gasteiger partial charge in [-0.25, -0.2) is 4.39 Å². The molecule has 0 spiro atoms. The third kappa shape index (κ3) is 4.03. The van der Waals surface area contributed by atoms with Gasteiger partial charge in [0.1, 0.15) is 11.1 Å². The second-order valence-corrected chi connectivity index (χ2v) is 7.23. The lowest BCUT2D eigenvalue weighted by atomic mass is 10.1. The zero-order valence-electron chi connectivity index (χ0n) is 15.3. The second kappa shape index (κ2) is 8.35. The van der Waals surface area contributed by atoms with Gasteiger partial charge < -0.3 is 4.74 Å². The first kappa shape index (κ1) is 19.1. The number of para-hydroxylation sites is 1. The molecule has 0 fully saturated rings. The average Bonchev–Trinajstić information content (AvgIpc) is 3.05. The summed E-state index contributed by atoms with van der Waals surface area (Å²) < 4.78 is 21.3. The fraction of sp³-hybridized carbons (Fsp3) is 0.250. The summed E-state index contributed by atoms with van der Waals surface area (Å²) in [6.07, 6.45) is 0. The van der Waals surface area contributed by atoms with Gasteiger partial charge in [0.05, 0.1) is 17.9 Å². The van der Waals surface area contributed by atoms with Gasteiger partial charge in [0, 0.05) is 0 Å². The number of thioether (sulfide) groups is 1. The van der Waals surface area contributed by atoms with Gasteiger partial charge in [0.15, 0.2) is 11.0 Å². The van der Waals surface area contributed by atoms with Crippen molar-refractivity contribution in [1.29, 1.82) is 0 Å². The van der Waals surface area contributed by atoms with E-state index in [0.717, 1.165) is 11.3 Å². The van der Waals surface area contributed by atoms with Crippen molar-refractivity contribution < 1.29 is 13.9 Å². The van der Waals surface area contributed by atoms with Crippen LogP contribution in [0.4, 0.5) is 4.39 Å². The van der Waals surface area contributed by atoms with Gasteiger partial charge in [-0.15, -0.1) is 10.2 Å². The zero-order valence-corrected chi connectivity index (χ0v) is 16.2. The highest BCUT2D eigenvalue weighted by molar-refractivity contribution is 8.00. The summed E-state index contributed by atoms with van der Waals surface area (Å²) in [5.74, 6) is -0.315. The Hall–Kier alpha value is -2.67. The normalized spacial score (nSPS) is 12.0. The van der Waals surface area contributed by atoms with Crippen molar-refractivity contribution in [2.24, 2.45) is 0 Å². The Kier molecular flexibility index (Phi) is 5.91. The van der Waals surface area contributed by atoms with Crippen molar-refractivity contribution in [2.45, 2.75) is 31.2 Å². The summed E-state index contributed by atoms with van der Waals surface area (Å²) in [6.45, 7) is 5.79. The third-order valence-electron chi connectivity index (χ3n) is 4.01. The number of carbonyl (C=O) groups is 1. The molecule has 7 heteroatoms. The van der Waals surface area contributed by atoms with E-state index in [1.54, 1.807) is 36.6 Å². The molecular formula is C20H20FN3O2S. The maximum atomic E-state index is 14.4. The minimum absolute atomic E-state index is 0.314. The van der Waals surface area contributed by atoms with Crippen LogP contribution < -0.4 is 0 Å². The lowest BCUT2D eigenvalue weighted by Gasteiger charge is -2.15. The maximum absolute atomic E-state index is 14.4. The number of rotatable bonds is 6. The molecule has 1 unspecified atom stereocenters. The molecule has 27 heavy (non-hydrogen) atoms. The van der Waals surface area contributed by atoms with Gasteiger partial charge in [-0.1, -0.05) is 42.1 Å². The van der Waals surface area contributed by atoms with Gasteiger partial charge in [-0.2, -0.15) is 0 Å². The lowest BCUT2D eigenvalue weighted by Crippen LogP contribution is -2.17. The molecule has 0 aliphatic rings. The molecule has 0 N–H and O–H groups in total. The maximum Gasteiger partial charge on any atom is 0.319 e. The lowest BCUT2D eigenvalue weighted by molar-refractivity contribution is -0.142. The van der Waals surface area contributed by atoms with E-state index in [-0.39, 0.29) is 11.8 Å². The van der Waals surface area contributed by atoms with E-state index in [9.17, 15) is 9.18 Å². The molecule has 0 saturated heterocycles. The van der Waals surface area contributed by atoms with Crippen LogP contribution >= 0.6 is 11.8 Å². The van der Waals surface area contributed by atoms with Crippen LogP contribution in [0, 0.1) is 12.7 Å². The van der Waals surface area contributed by atoms with E-state index >= 15 is 0 Å². The fourth-order valence-electron chi connectivity index (χ4n) is 2.66. The Morgan fingerprint density at radius 3 is 2.59 bits per heavy atom. The molecule has 0 amide bonds. The van der Waals surface area contributed by atoms with E-state index in [1.165, 1.54) is 17.8 Å². The number of hydrogen-bond donors (Lipinski definition) is 0. The Balaban J connectivity index is 2.11. The predicted octanol–water partition coefficient (Wildman–Crippen LogP) is 4.43. The Bertz CT molecular complexity index is 958. The van der Waals surface area contributed by atoms with E-state index in [2.05, 4.69) is 10.2 Å². The Morgan fingerprint density at radius 1 is 1.19 bits per heavy atom. The topological polar surface area (TPSA) is 57.0 Å². The number of halogens is 1. The SMILES string of the molecule is CCOC(=O)C(C)Sc1nnc(-c2ccccc2F)n1-c1ccccc1C. The van der Waals surface area contributed by atoms with Crippen molar-refractivity contribution >= 4 is 17.7 Å². The van der Waals surface area contributed by atoms with Crippen molar-refractivity contribution in [1.82, 2.24) is 14.8 Å². The fourth-order valence-corrected chi connectivity index (χ4v) is 3.52. The van der Waals surface area contributed by atoms with Crippen LogP contribution in [-0.2, 0) is 9.53 Å². The second-order valence-electron chi connectivity index (χ2n) is 5.92. The molecule has 5 nitrogen and oxygen atoms in total. The van der Waals surface area contributed by atoms with Crippen molar-refractivity contribution in [2.75, 3.05) is 6.61 Å². The molecule has 1 aromatic heterocycles. The van der Waals surface area contributed by atoms with Gasteiger partial charge >= 0.3 is 5.97 Å². The first-order valence-electron chi connectivity index (χ1n) is 8.62. The van der Waals surface area contributed by atoms with Crippen LogP contribution in [0.25, 0.3) is 17.1 Å². The highest BCUT2D eigenvalue weighted by atomic mass is 32.2.